The first-order valence-corrected chi connectivity index (χ1v) is 6.38. The fraction of sp³-hybridized carbons (Fsp3) is 0.417. The van der Waals surface area contributed by atoms with E-state index in [2.05, 4.69) is 15.1 Å². The lowest BCUT2D eigenvalue weighted by Gasteiger charge is -2.15. The molecule has 21 heavy (non-hydrogen) atoms. The number of anilines is 2. The van der Waals surface area contributed by atoms with Crippen LogP contribution >= 0.6 is 0 Å². The normalized spacial score (nSPS) is 11.7. The van der Waals surface area contributed by atoms with Crippen LogP contribution in [0, 0.1) is 0 Å². The highest BCUT2D eigenvalue weighted by Gasteiger charge is 2.30. The summed E-state index contributed by atoms with van der Waals surface area (Å²) >= 11 is 0. The van der Waals surface area contributed by atoms with E-state index in [0.29, 0.717) is 19.0 Å². The van der Waals surface area contributed by atoms with Gasteiger partial charge in [-0.1, -0.05) is 0 Å². The van der Waals surface area contributed by atoms with Gasteiger partial charge in [0.05, 0.1) is 5.56 Å². The van der Waals surface area contributed by atoms with Gasteiger partial charge in [-0.15, -0.1) is 5.10 Å². The zero-order valence-corrected chi connectivity index (χ0v) is 11.6. The summed E-state index contributed by atoms with van der Waals surface area (Å²) in [6.45, 7) is 5.27. The lowest BCUT2D eigenvalue weighted by Crippen LogP contribution is -2.23. The van der Waals surface area contributed by atoms with E-state index in [1.165, 1.54) is 10.7 Å². The van der Waals surface area contributed by atoms with E-state index in [0.717, 1.165) is 12.3 Å². The van der Waals surface area contributed by atoms with Crippen LogP contribution in [0.25, 0.3) is 5.82 Å². The molecule has 2 N–H and O–H groups in total. The maximum absolute atomic E-state index is 12.5. The summed E-state index contributed by atoms with van der Waals surface area (Å²) in [7, 11) is 0. The van der Waals surface area contributed by atoms with Gasteiger partial charge in [-0.2, -0.15) is 22.8 Å². The Balaban J connectivity index is 2.34. The summed E-state index contributed by atoms with van der Waals surface area (Å²) in [6, 6.07) is 2.14. The molecule has 0 fully saturated rings. The standard InChI is InChI=1S/C12H15F3N6/c1-3-20(4-2)11-18-10(16)21(19-11)9-6-5-8(7-17-9)12(13,14)15/h5-7H,3-4H2,1-2H3,(H2,16,18,19). The molecule has 9 heteroatoms. The first-order chi connectivity index (χ1) is 9.86. The van der Waals surface area contributed by atoms with Gasteiger partial charge < -0.3 is 10.6 Å². The Bertz CT molecular complexity index is 600. The van der Waals surface area contributed by atoms with Gasteiger partial charge in [0.25, 0.3) is 0 Å². The predicted octanol–water partition coefficient (Wildman–Crippen LogP) is 2.11. The van der Waals surface area contributed by atoms with Crippen molar-refractivity contribution >= 4 is 11.9 Å². The minimum Gasteiger partial charge on any atom is -0.368 e. The highest BCUT2D eigenvalue weighted by Crippen LogP contribution is 2.28. The average molecular weight is 300 g/mol. The molecule has 2 rings (SSSR count). The largest absolute Gasteiger partial charge is 0.417 e. The second-order valence-corrected chi connectivity index (χ2v) is 4.26. The van der Waals surface area contributed by atoms with E-state index in [9.17, 15) is 13.2 Å². The van der Waals surface area contributed by atoms with Gasteiger partial charge in [0.15, 0.2) is 5.82 Å². The quantitative estimate of drug-likeness (QED) is 0.936. The fourth-order valence-corrected chi connectivity index (χ4v) is 1.80. The molecule has 0 bridgehead atoms. The highest BCUT2D eigenvalue weighted by molar-refractivity contribution is 5.40. The van der Waals surface area contributed by atoms with E-state index in [-0.39, 0.29) is 11.8 Å². The third-order valence-electron chi connectivity index (χ3n) is 2.96. The van der Waals surface area contributed by atoms with Crippen LogP contribution < -0.4 is 10.6 Å². The molecule has 0 radical (unpaired) electrons. The van der Waals surface area contributed by atoms with Crippen molar-refractivity contribution in [3.8, 4) is 5.82 Å². The lowest BCUT2D eigenvalue weighted by molar-refractivity contribution is -0.137. The summed E-state index contributed by atoms with van der Waals surface area (Å²) in [5, 5.41) is 4.18. The van der Waals surface area contributed by atoms with Gasteiger partial charge in [-0.25, -0.2) is 4.98 Å². The molecule has 2 aromatic rings. The van der Waals surface area contributed by atoms with Crippen molar-refractivity contribution in [1.29, 1.82) is 0 Å². The summed E-state index contributed by atoms with van der Waals surface area (Å²) < 4.78 is 38.7. The van der Waals surface area contributed by atoms with Crippen LogP contribution in [-0.4, -0.2) is 32.8 Å². The van der Waals surface area contributed by atoms with E-state index in [1.807, 2.05) is 18.7 Å². The zero-order chi connectivity index (χ0) is 15.6. The molecule has 0 aliphatic heterocycles. The molecule has 2 aromatic heterocycles. The summed E-state index contributed by atoms with van der Waals surface area (Å²) in [5.41, 5.74) is 4.92. The van der Waals surface area contributed by atoms with Crippen LogP contribution in [0.5, 0.6) is 0 Å². The second-order valence-electron chi connectivity index (χ2n) is 4.26. The van der Waals surface area contributed by atoms with Gasteiger partial charge in [-0.05, 0) is 26.0 Å². The molecule has 0 saturated carbocycles. The number of alkyl halides is 3. The number of pyridine rings is 1. The number of nitrogens with zero attached hydrogens (tertiary/aromatic N) is 5. The number of nitrogens with two attached hydrogens (primary N) is 1. The van der Waals surface area contributed by atoms with Crippen LogP contribution in [-0.2, 0) is 6.18 Å². The number of nitrogen functional groups attached to an aromatic ring is 1. The molecule has 0 unspecified atom stereocenters. The first kappa shape index (κ1) is 15.1. The molecule has 0 aliphatic rings. The summed E-state index contributed by atoms with van der Waals surface area (Å²) in [6.07, 6.45) is -3.68. The Morgan fingerprint density at radius 1 is 1.24 bits per heavy atom. The van der Waals surface area contributed by atoms with Crippen LogP contribution in [0.3, 0.4) is 0 Å². The Labute approximate surface area is 119 Å². The number of aromatic nitrogens is 4. The maximum Gasteiger partial charge on any atom is 0.417 e. The van der Waals surface area contributed by atoms with E-state index in [1.54, 1.807) is 0 Å². The third-order valence-corrected chi connectivity index (χ3v) is 2.96. The van der Waals surface area contributed by atoms with E-state index >= 15 is 0 Å². The van der Waals surface area contributed by atoms with Crippen molar-refractivity contribution < 1.29 is 13.2 Å². The van der Waals surface area contributed by atoms with Crippen LogP contribution in [0.2, 0.25) is 0 Å². The Hall–Kier alpha value is -2.32. The smallest absolute Gasteiger partial charge is 0.368 e. The van der Waals surface area contributed by atoms with Crippen molar-refractivity contribution in [2.75, 3.05) is 23.7 Å². The summed E-state index contributed by atoms with van der Waals surface area (Å²) in [5.74, 6) is 0.676. The highest BCUT2D eigenvalue weighted by atomic mass is 19.4. The van der Waals surface area contributed by atoms with Gasteiger partial charge in [-0.3, -0.25) is 0 Å². The summed E-state index contributed by atoms with van der Waals surface area (Å²) in [4.78, 5) is 9.71. The average Bonchev–Trinajstić information content (AvgIpc) is 2.81. The van der Waals surface area contributed by atoms with Crippen molar-refractivity contribution in [1.82, 2.24) is 19.7 Å². The Morgan fingerprint density at radius 2 is 1.90 bits per heavy atom. The predicted molar refractivity (Wildman–Crippen MR) is 72.1 cm³/mol. The third kappa shape index (κ3) is 3.06. The van der Waals surface area contributed by atoms with Gasteiger partial charge in [0, 0.05) is 19.3 Å². The minimum absolute atomic E-state index is 0.0733. The first-order valence-electron chi connectivity index (χ1n) is 6.38. The Kier molecular flexibility index (Phi) is 4.01. The Morgan fingerprint density at radius 3 is 2.38 bits per heavy atom. The van der Waals surface area contributed by atoms with Gasteiger partial charge >= 0.3 is 6.18 Å². The number of halogens is 3. The molecule has 0 saturated heterocycles. The van der Waals surface area contributed by atoms with E-state index < -0.39 is 11.7 Å². The molecule has 0 spiro atoms. The van der Waals surface area contributed by atoms with Crippen LogP contribution in [0.4, 0.5) is 25.1 Å². The number of hydrogen-bond donors (Lipinski definition) is 1. The number of hydrogen-bond acceptors (Lipinski definition) is 5. The number of rotatable bonds is 4. The monoisotopic (exact) mass is 300 g/mol. The van der Waals surface area contributed by atoms with Crippen LogP contribution in [0.1, 0.15) is 19.4 Å². The van der Waals surface area contributed by atoms with Crippen molar-refractivity contribution in [3.05, 3.63) is 23.9 Å². The van der Waals surface area contributed by atoms with Crippen molar-refractivity contribution in [3.63, 3.8) is 0 Å². The fourth-order valence-electron chi connectivity index (χ4n) is 1.80. The van der Waals surface area contributed by atoms with Gasteiger partial charge in [0.1, 0.15) is 0 Å². The lowest BCUT2D eigenvalue weighted by atomic mass is 10.3. The molecule has 6 nitrogen and oxygen atoms in total. The maximum atomic E-state index is 12.5. The molecule has 0 amide bonds. The molecule has 0 atom stereocenters. The second kappa shape index (κ2) is 5.58. The minimum atomic E-state index is -4.42. The molecule has 0 aliphatic carbocycles. The van der Waals surface area contributed by atoms with Gasteiger partial charge in [0.2, 0.25) is 11.9 Å². The molecular weight excluding hydrogens is 285 g/mol. The molecule has 2 heterocycles. The molecule has 114 valence electrons. The van der Waals surface area contributed by atoms with E-state index in [4.69, 9.17) is 5.73 Å². The zero-order valence-electron chi connectivity index (χ0n) is 11.6. The SMILES string of the molecule is CCN(CC)c1nc(N)n(-c2ccc(C(F)(F)F)cn2)n1. The molecular formula is C12H15F3N6. The van der Waals surface area contributed by atoms with Crippen molar-refractivity contribution in [2.45, 2.75) is 20.0 Å². The topological polar surface area (TPSA) is 72.9 Å². The van der Waals surface area contributed by atoms with Crippen molar-refractivity contribution in [2.24, 2.45) is 0 Å². The molecule has 0 aromatic carbocycles. The van der Waals surface area contributed by atoms with Crippen LogP contribution in [0.15, 0.2) is 18.3 Å².